The summed E-state index contributed by atoms with van der Waals surface area (Å²) < 4.78 is 52.7. The van der Waals surface area contributed by atoms with Gasteiger partial charge in [0.1, 0.15) is 0 Å². The van der Waals surface area contributed by atoms with Crippen LogP contribution in [0.15, 0.2) is 53.4 Å². The van der Waals surface area contributed by atoms with E-state index in [9.17, 15) is 21.6 Å². The van der Waals surface area contributed by atoms with E-state index in [4.69, 9.17) is 0 Å². The number of rotatable bonds is 7. The molecule has 4 rings (SSSR count). The Morgan fingerprint density at radius 1 is 0.912 bits per heavy atom. The summed E-state index contributed by atoms with van der Waals surface area (Å²) in [5, 5.41) is 2.73. The molecule has 0 spiro atoms. The topological polar surface area (TPSA) is 104 Å². The van der Waals surface area contributed by atoms with Crippen molar-refractivity contribution in [3.63, 3.8) is 0 Å². The first kappa shape index (κ1) is 24.7. The molecule has 0 bridgehead atoms. The normalized spacial score (nSPS) is 18.3. The highest BCUT2D eigenvalue weighted by atomic mass is 32.2. The fourth-order valence-electron chi connectivity index (χ4n) is 4.68. The molecule has 10 heteroatoms. The fraction of sp³-hybridized carbons (Fsp3) is 0.458. The van der Waals surface area contributed by atoms with E-state index in [1.54, 1.807) is 40.7 Å². The Bertz CT molecular complexity index is 1250. The van der Waals surface area contributed by atoms with Crippen molar-refractivity contribution >= 4 is 37.3 Å². The second kappa shape index (κ2) is 9.67. The highest BCUT2D eigenvalue weighted by molar-refractivity contribution is 7.92. The van der Waals surface area contributed by atoms with Gasteiger partial charge in [-0.3, -0.25) is 9.10 Å². The molecular formula is C24H31N3O5S2. The highest BCUT2D eigenvalue weighted by Gasteiger charge is 2.34. The van der Waals surface area contributed by atoms with Crippen LogP contribution < -0.4 is 9.62 Å². The number of carbonyl (C=O) groups excluding carboxylic acids is 1. The Kier molecular flexibility index (Phi) is 7.02. The number of para-hydroxylation sites is 1. The molecular weight excluding hydrogens is 474 g/mol. The Morgan fingerprint density at radius 2 is 1.50 bits per heavy atom. The van der Waals surface area contributed by atoms with Gasteiger partial charge in [0.2, 0.25) is 20.0 Å². The van der Waals surface area contributed by atoms with Crippen LogP contribution in [0.4, 0.5) is 11.4 Å². The third-order valence-electron chi connectivity index (χ3n) is 7.05. The van der Waals surface area contributed by atoms with Crippen LogP contribution in [-0.4, -0.2) is 53.4 Å². The summed E-state index contributed by atoms with van der Waals surface area (Å²) >= 11 is 0. The van der Waals surface area contributed by atoms with Gasteiger partial charge >= 0.3 is 0 Å². The second-order valence-corrected chi connectivity index (χ2v) is 13.1. The summed E-state index contributed by atoms with van der Waals surface area (Å²) in [5.41, 5.74) is 0.873. The molecule has 0 atom stereocenters. The SMILES string of the molecule is CN(c1ccccc1C(=O)Nc1ccc(S(=O)(=O)N2CCC(C3CCC3)CC2)cc1)S(C)(=O)=O. The van der Waals surface area contributed by atoms with Crippen LogP contribution in [0.5, 0.6) is 0 Å². The van der Waals surface area contributed by atoms with Crippen molar-refractivity contribution < 1.29 is 21.6 Å². The summed E-state index contributed by atoms with van der Waals surface area (Å²) in [4.78, 5) is 13.1. The van der Waals surface area contributed by atoms with Crippen LogP contribution in [0.1, 0.15) is 42.5 Å². The average Bonchev–Trinajstić information content (AvgIpc) is 2.77. The minimum Gasteiger partial charge on any atom is -0.322 e. The van der Waals surface area contributed by atoms with Gasteiger partial charge in [-0.2, -0.15) is 4.31 Å². The number of hydrogen-bond acceptors (Lipinski definition) is 5. The zero-order valence-corrected chi connectivity index (χ0v) is 21.1. The molecule has 1 saturated heterocycles. The molecule has 2 fully saturated rings. The standard InChI is InChI=1S/C24H31N3O5S2/c1-26(33(2,29)30)23-9-4-3-8-22(23)24(28)25-20-10-12-21(13-11-20)34(31,32)27-16-14-19(15-17-27)18-6-5-7-18/h3-4,8-13,18-19H,5-7,14-17H2,1-2H3,(H,25,28). The van der Waals surface area contributed by atoms with Crippen LogP contribution >= 0.6 is 0 Å². The molecule has 1 saturated carbocycles. The largest absolute Gasteiger partial charge is 0.322 e. The zero-order chi connectivity index (χ0) is 24.5. The first-order valence-corrected chi connectivity index (χ1v) is 14.8. The molecule has 0 unspecified atom stereocenters. The van der Waals surface area contributed by atoms with Gasteiger partial charge < -0.3 is 5.32 Å². The van der Waals surface area contributed by atoms with Crippen molar-refractivity contribution in [2.75, 3.05) is 36.0 Å². The van der Waals surface area contributed by atoms with Crippen LogP contribution in [0.3, 0.4) is 0 Å². The maximum atomic E-state index is 13.1. The second-order valence-electron chi connectivity index (χ2n) is 9.16. The number of piperidine rings is 1. The molecule has 1 amide bonds. The van der Waals surface area contributed by atoms with Crippen molar-refractivity contribution in [2.45, 2.75) is 37.0 Å². The zero-order valence-electron chi connectivity index (χ0n) is 19.5. The summed E-state index contributed by atoms with van der Waals surface area (Å²) in [6.45, 7) is 1.10. The molecule has 0 aromatic heterocycles. The molecule has 8 nitrogen and oxygen atoms in total. The van der Waals surface area contributed by atoms with E-state index in [2.05, 4.69) is 5.32 Å². The van der Waals surface area contributed by atoms with E-state index in [1.165, 1.54) is 38.4 Å². The van der Waals surface area contributed by atoms with Gasteiger partial charge in [-0.25, -0.2) is 16.8 Å². The Hall–Kier alpha value is -2.43. The summed E-state index contributed by atoms with van der Waals surface area (Å²) in [7, 11) is -5.74. The van der Waals surface area contributed by atoms with Crippen LogP contribution in [0.25, 0.3) is 0 Å². The molecule has 34 heavy (non-hydrogen) atoms. The van der Waals surface area contributed by atoms with E-state index < -0.39 is 26.0 Å². The number of benzene rings is 2. The fourth-order valence-corrected chi connectivity index (χ4v) is 6.66. The van der Waals surface area contributed by atoms with E-state index in [0.717, 1.165) is 29.3 Å². The molecule has 1 heterocycles. The Labute approximate surface area is 202 Å². The van der Waals surface area contributed by atoms with Crippen molar-refractivity contribution in [3.05, 3.63) is 54.1 Å². The summed E-state index contributed by atoms with van der Waals surface area (Å²) in [5.74, 6) is 0.928. The quantitative estimate of drug-likeness (QED) is 0.620. The minimum atomic E-state index is -3.58. The van der Waals surface area contributed by atoms with Crippen LogP contribution in [0.2, 0.25) is 0 Å². The number of nitrogens with zero attached hydrogens (tertiary/aromatic N) is 2. The number of carbonyl (C=O) groups is 1. The number of hydrogen-bond donors (Lipinski definition) is 1. The van der Waals surface area contributed by atoms with Crippen LogP contribution in [-0.2, 0) is 20.0 Å². The van der Waals surface area contributed by atoms with Crippen molar-refractivity contribution in [1.29, 1.82) is 0 Å². The van der Waals surface area contributed by atoms with E-state index in [-0.39, 0.29) is 16.1 Å². The van der Waals surface area contributed by atoms with E-state index in [0.29, 0.717) is 24.7 Å². The van der Waals surface area contributed by atoms with Gasteiger partial charge in [-0.15, -0.1) is 0 Å². The van der Waals surface area contributed by atoms with Gasteiger partial charge in [-0.05, 0) is 61.1 Å². The molecule has 2 aromatic rings. The number of anilines is 2. The predicted octanol–water partition coefficient (Wildman–Crippen LogP) is 3.54. The lowest BCUT2D eigenvalue weighted by atomic mass is 9.72. The van der Waals surface area contributed by atoms with Gasteiger partial charge in [0.05, 0.1) is 22.4 Å². The lowest BCUT2D eigenvalue weighted by Crippen LogP contribution is -2.41. The average molecular weight is 506 g/mol. The van der Waals surface area contributed by atoms with Crippen molar-refractivity contribution in [1.82, 2.24) is 4.31 Å². The number of amides is 1. The van der Waals surface area contributed by atoms with Gasteiger partial charge in [0.15, 0.2) is 0 Å². The minimum absolute atomic E-state index is 0.196. The van der Waals surface area contributed by atoms with Gasteiger partial charge in [-0.1, -0.05) is 31.4 Å². The van der Waals surface area contributed by atoms with Gasteiger partial charge in [0, 0.05) is 25.8 Å². The molecule has 184 valence electrons. The molecule has 2 aromatic carbocycles. The summed E-state index contributed by atoms with van der Waals surface area (Å²) in [6, 6.07) is 12.5. The first-order chi connectivity index (χ1) is 16.1. The maximum absolute atomic E-state index is 13.1. The maximum Gasteiger partial charge on any atom is 0.257 e. The Morgan fingerprint density at radius 3 is 2.06 bits per heavy atom. The van der Waals surface area contributed by atoms with Crippen molar-refractivity contribution in [2.24, 2.45) is 11.8 Å². The lowest BCUT2D eigenvalue weighted by Gasteiger charge is -2.39. The Balaban J connectivity index is 1.44. The lowest BCUT2D eigenvalue weighted by molar-refractivity contribution is 0.102. The highest BCUT2D eigenvalue weighted by Crippen LogP contribution is 2.39. The summed E-state index contributed by atoms with van der Waals surface area (Å²) in [6.07, 6.45) is 6.75. The first-order valence-electron chi connectivity index (χ1n) is 11.5. The number of sulfonamides is 2. The predicted molar refractivity (Wildman–Crippen MR) is 133 cm³/mol. The molecule has 1 aliphatic carbocycles. The monoisotopic (exact) mass is 505 g/mol. The van der Waals surface area contributed by atoms with E-state index in [1.807, 2.05) is 0 Å². The molecule has 0 radical (unpaired) electrons. The smallest absolute Gasteiger partial charge is 0.257 e. The third kappa shape index (κ3) is 5.13. The molecule has 2 aliphatic rings. The molecule has 1 aliphatic heterocycles. The molecule has 1 N–H and O–H groups in total. The van der Waals surface area contributed by atoms with Crippen molar-refractivity contribution in [3.8, 4) is 0 Å². The third-order valence-corrected chi connectivity index (χ3v) is 10.2. The van der Waals surface area contributed by atoms with Gasteiger partial charge in [0.25, 0.3) is 5.91 Å². The van der Waals surface area contributed by atoms with Crippen LogP contribution in [0, 0.1) is 11.8 Å². The van der Waals surface area contributed by atoms with E-state index >= 15 is 0 Å². The number of nitrogens with one attached hydrogen (secondary N) is 1.